The Balaban J connectivity index is 2.19. The topological polar surface area (TPSA) is 27.0 Å². The van der Waals surface area contributed by atoms with Crippen LogP contribution in [0.15, 0.2) is 0 Å². The van der Waals surface area contributed by atoms with E-state index in [1.165, 1.54) is 38.5 Å². The molecule has 1 aliphatic carbocycles. The quantitative estimate of drug-likeness (QED) is 0.693. The van der Waals surface area contributed by atoms with Gasteiger partial charge in [-0.3, -0.25) is 4.90 Å². The summed E-state index contributed by atoms with van der Waals surface area (Å²) >= 11 is 0. The van der Waals surface area contributed by atoms with Gasteiger partial charge >= 0.3 is 0 Å². The molecule has 1 heterocycles. The Morgan fingerprint density at radius 3 is 2.29 bits per heavy atom. The Morgan fingerprint density at radius 1 is 1.06 bits per heavy atom. The van der Waals surface area contributed by atoms with Crippen molar-refractivity contribution < 1.29 is 0 Å². The van der Waals surface area contributed by atoms with Crippen LogP contribution in [-0.2, 0) is 0 Å². The monoisotopic (exact) mass is 234 g/mol. The van der Waals surface area contributed by atoms with Crippen LogP contribution in [0.4, 0.5) is 0 Å². The van der Waals surface area contributed by atoms with E-state index < -0.39 is 0 Å². The summed E-state index contributed by atoms with van der Waals surface area (Å²) in [6.07, 6.45) is 8.89. The maximum atomic E-state index is 9.78. The molecule has 2 aliphatic rings. The maximum absolute atomic E-state index is 9.78. The number of hydrogen-bond acceptors (Lipinski definition) is 2. The normalized spacial score (nSPS) is 40.5. The number of rotatable bonds is 1. The minimum absolute atomic E-state index is 0.151. The smallest absolute Gasteiger partial charge is 0.112 e. The zero-order valence-electron chi connectivity index (χ0n) is 11.4. The van der Waals surface area contributed by atoms with Gasteiger partial charge in [0, 0.05) is 0 Å². The van der Waals surface area contributed by atoms with Crippen molar-refractivity contribution in [1.29, 1.82) is 5.26 Å². The fourth-order valence-electron chi connectivity index (χ4n) is 3.79. The lowest BCUT2D eigenvalue weighted by Crippen LogP contribution is -2.56. The summed E-state index contributed by atoms with van der Waals surface area (Å²) in [4.78, 5) is 2.53. The molecular formula is C15H26N2. The van der Waals surface area contributed by atoms with Gasteiger partial charge in [0.1, 0.15) is 5.54 Å². The second-order valence-electron chi connectivity index (χ2n) is 6.10. The highest BCUT2D eigenvalue weighted by Crippen LogP contribution is 2.42. The fraction of sp³-hybridized carbons (Fsp3) is 0.933. The molecule has 3 atom stereocenters. The van der Waals surface area contributed by atoms with Gasteiger partial charge in [-0.1, -0.05) is 39.5 Å². The molecule has 96 valence electrons. The van der Waals surface area contributed by atoms with Gasteiger partial charge in [-0.2, -0.15) is 5.26 Å². The van der Waals surface area contributed by atoms with Crippen LogP contribution in [-0.4, -0.2) is 23.5 Å². The van der Waals surface area contributed by atoms with Crippen LogP contribution in [0.2, 0.25) is 0 Å². The zero-order chi connectivity index (χ0) is 12.3. The van der Waals surface area contributed by atoms with Gasteiger partial charge in [0.15, 0.2) is 0 Å². The maximum Gasteiger partial charge on any atom is 0.112 e. The highest BCUT2D eigenvalue weighted by molar-refractivity contribution is 5.14. The lowest BCUT2D eigenvalue weighted by molar-refractivity contribution is 0.0282. The van der Waals surface area contributed by atoms with Crippen LogP contribution in [0.5, 0.6) is 0 Å². The van der Waals surface area contributed by atoms with Crippen LogP contribution < -0.4 is 0 Å². The van der Waals surface area contributed by atoms with Gasteiger partial charge in [-0.05, 0) is 44.2 Å². The molecule has 1 saturated heterocycles. The average Bonchev–Trinajstić information content (AvgIpc) is 2.62. The third-order valence-corrected chi connectivity index (χ3v) is 5.19. The molecule has 2 nitrogen and oxygen atoms in total. The van der Waals surface area contributed by atoms with E-state index in [0.717, 1.165) is 19.5 Å². The molecule has 0 N–H and O–H groups in total. The van der Waals surface area contributed by atoms with Crippen LogP contribution in [0.3, 0.4) is 0 Å². The molecule has 0 amide bonds. The Hall–Kier alpha value is -0.550. The highest BCUT2D eigenvalue weighted by Gasteiger charge is 2.46. The van der Waals surface area contributed by atoms with Crippen molar-refractivity contribution in [3.63, 3.8) is 0 Å². The predicted octanol–water partition coefficient (Wildman–Crippen LogP) is 3.58. The van der Waals surface area contributed by atoms with E-state index in [0.29, 0.717) is 11.8 Å². The molecule has 2 rings (SSSR count). The fourth-order valence-corrected chi connectivity index (χ4v) is 3.79. The van der Waals surface area contributed by atoms with Crippen molar-refractivity contribution in [1.82, 2.24) is 4.90 Å². The van der Waals surface area contributed by atoms with Crippen molar-refractivity contribution >= 4 is 0 Å². The Morgan fingerprint density at radius 2 is 1.71 bits per heavy atom. The first-order valence-electron chi connectivity index (χ1n) is 7.37. The van der Waals surface area contributed by atoms with Gasteiger partial charge in [-0.25, -0.2) is 0 Å². The van der Waals surface area contributed by atoms with Gasteiger partial charge in [-0.15, -0.1) is 0 Å². The predicted molar refractivity (Wildman–Crippen MR) is 70.6 cm³/mol. The summed E-state index contributed by atoms with van der Waals surface area (Å²) in [5.41, 5.74) is -0.151. The summed E-state index contributed by atoms with van der Waals surface area (Å²) in [5.74, 6) is 1.23. The molecule has 1 aliphatic heterocycles. The second-order valence-corrected chi connectivity index (χ2v) is 6.10. The average molecular weight is 234 g/mol. The Labute approximate surface area is 106 Å². The van der Waals surface area contributed by atoms with Crippen molar-refractivity contribution in [3.8, 4) is 6.07 Å². The molecule has 0 radical (unpaired) electrons. The van der Waals surface area contributed by atoms with Gasteiger partial charge < -0.3 is 0 Å². The first-order chi connectivity index (χ1) is 8.20. The molecule has 1 saturated carbocycles. The molecular weight excluding hydrogens is 208 g/mol. The summed E-state index contributed by atoms with van der Waals surface area (Å²) in [7, 11) is 0. The van der Waals surface area contributed by atoms with Gasteiger partial charge in [0.2, 0.25) is 0 Å². The highest BCUT2D eigenvalue weighted by atomic mass is 15.2. The Bertz CT molecular complexity index is 286. The van der Waals surface area contributed by atoms with Crippen molar-refractivity contribution in [3.05, 3.63) is 0 Å². The number of nitriles is 1. The van der Waals surface area contributed by atoms with Crippen LogP contribution >= 0.6 is 0 Å². The van der Waals surface area contributed by atoms with Gasteiger partial charge in [0.05, 0.1) is 6.07 Å². The van der Waals surface area contributed by atoms with E-state index in [-0.39, 0.29) is 5.54 Å². The van der Waals surface area contributed by atoms with Crippen molar-refractivity contribution in [2.45, 2.75) is 64.3 Å². The Kier molecular flexibility index (Phi) is 4.09. The SMILES string of the molecule is CC1CCCC(C#N)(N2CCCCCC2)C1C. The summed E-state index contributed by atoms with van der Waals surface area (Å²) in [6.45, 7) is 6.92. The zero-order valence-corrected chi connectivity index (χ0v) is 11.4. The van der Waals surface area contributed by atoms with Crippen molar-refractivity contribution in [2.24, 2.45) is 11.8 Å². The van der Waals surface area contributed by atoms with Crippen LogP contribution in [0.25, 0.3) is 0 Å². The molecule has 0 spiro atoms. The van der Waals surface area contributed by atoms with Gasteiger partial charge in [0.25, 0.3) is 0 Å². The second kappa shape index (κ2) is 5.40. The van der Waals surface area contributed by atoms with E-state index in [1.807, 2.05) is 0 Å². The molecule has 2 heteroatoms. The third kappa shape index (κ3) is 2.36. The molecule has 17 heavy (non-hydrogen) atoms. The molecule has 0 aromatic heterocycles. The van der Waals surface area contributed by atoms with E-state index in [9.17, 15) is 5.26 Å². The van der Waals surface area contributed by atoms with E-state index in [1.54, 1.807) is 0 Å². The standard InChI is InChI=1S/C15H26N2/c1-13-8-7-9-15(12-16,14(13)2)17-10-5-3-4-6-11-17/h13-14H,3-11H2,1-2H3. The molecule has 0 aromatic rings. The molecule has 3 unspecified atom stereocenters. The minimum Gasteiger partial charge on any atom is -0.285 e. The molecule has 2 fully saturated rings. The lowest BCUT2D eigenvalue weighted by Gasteiger charge is -2.48. The van der Waals surface area contributed by atoms with Crippen molar-refractivity contribution in [2.75, 3.05) is 13.1 Å². The number of likely N-dealkylation sites (tertiary alicyclic amines) is 1. The summed E-state index contributed by atoms with van der Waals surface area (Å²) in [6, 6.07) is 2.72. The first-order valence-corrected chi connectivity index (χ1v) is 7.37. The number of hydrogen-bond donors (Lipinski definition) is 0. The third-order valence-electron chi connectivity index (χ3n) is 5.19. The van der Waals surface area contributed by atoms with E-state index in [2.05, 4.69) is 24.8 Å². The molecule has 0 aromatic carbocycles. The van der Waals surface area contributed by atoms with Crippen LogP contribution in [0, 0.1) is 23.2 Å². The number of nitrogens with zero attached hydrogens (tertiary/aromatic N) is 2. The van der Waals surface area contributed by atoms with E-state index >= 15 is 0 Å². The van der Waals surface area contributed by atoms with E-state index in [4.69, 9.17) is 0 Å². The minimum atomic E-state index is -0.151. The summed E-state index contributed by atoms with van der Waals surface area (Å²) in [5, 5.41) is 9.78. The first kappa shape index (κ1) is 12.9. The summed E-state index contributed by atoms with van der Waals surface area (Å²) < 4.78 is 0. The van der Waals surface area contributed by atoms with Crippen LogP contribution in [0.1, 0.15) is 58.8 Å². The molecule has 0 bridgehead atoms. The largest absolute Gasteiger partial charge is 0.285 e. The lowest BCUT2D eigenvalue weighted by atomic mass is 9.68.